The minimum atomic E-state index is 0. The molecule has 0 aliphatic rings. The third-order valence-electron chi connectivity index (χ3n) is 4.47. The Kier molecular flexibility index (Phi) is 11.9. The fraction of sp³-hybridized carbons (Fsp3) is 0.476. The van der Waals surface area contributed by atoms with Crippen LogP contribution in [0.1, 0.15) is 12.0 Å². The second-order valence-corrected chi connectivity index (χ2v) is 6.55. The van der Waals surface area contributed by atoms with Crippen LogP contribution >= 0.6 is 24.0 Å². The molecule has 0 radical (unpaired) electrons. The number of rotatable bonds is 10. The SMILES string of the molecule is CN=C(NCCN(C)CCCOC)NCc1ccc2cc(OC)ccc2c1.I. The molecule has 7 heteroatoms. The predicted molar refractivity (Wildman–Crippen MR) is 128 cm³/mol. The summed E-state index contributed by atoms with van der Waals surface area (Å²) >= 11 is 0. The standard InChI is InChI=1S/C21H32N4O2.HI/c1-22-21(23-10-12-25(2)11-5-13-26-3)24-16-17-6-7-19-15-20(27-4)9-8-18(19)14-17;/h6-9,14-15H,5,10-13,16H2,1-4H3,(H2,22,23,24);1H. The second kappa shape index (κ2) is 13.6. The number of aliphatic imine (C=N–C) groups is 1. The minimum Gasteiger partial charge on any atom is -0.497 e. The predicted octanol–water partition coefficient (Wildman–Crippen LogP) is 3.10. The van der Waals surface area contributed by atoms with E-state index in [0.717, 1.165) is 50.9 Å². The van der Waals surface area contributed by atoms with Crippen molar-refractivity contribution in [1.82, 2.24) is 15.5 Å². The van der Waals surface area contributed by atoms with Crippen LogP contribution < -0.4 is 15.4 Å². The van der Waals surface area contributed by atoms with E-state index in [4.69, 9.17) is 9.47 Å². The van der Waals surface area contributed by atoms with Gasteiger partial charge in [0.15, 0.2) is 5.96 Å². The number of benzene rings is 2. The van der Waals surface area contributed by atoms with Gasteiger partial charge in [0.1, 0.15) is 5.75 Å². The number of methoxy groups -OCH3 is 2. The highest BCUT2D eigenvalue weighted by atomic mass is 127. The molecule has 0 bridgehead atoms. The molecule has 0 spiro atoms. The Hall–Kier alpha value is -1.58. The van der Waals surface area contributed by atoms with Crippen molar-refractivity contribution in [1.29, 1.82) is 0 Å². The quantitative estimate of drug-likeness (QED) is 0.227. The maximum atomic E-state index is 5.28. The van der Waals surface area contributed by atoms with Crippen LogP contribution in [0.3, 0.4) is 0 Å². The van der Waals surface area contributed by atoms with Gasteiger partial charge in [-0.1, -0.05) is 18.2 Å². The Labute approximate surface area is 185 Å². The molecule has 2 rings (SSSR count). The number of nitrogens with zero attached hydrogens (tertiary/aromatic N) is 2. The Morgan fingerprint density at radius 3 is 2.50 bits per heavy atom. The first-order valence-corrected chi connectivity index (χ1v) is 9.35. The van der Waals surface area contributed by atoms with Gasteiger partial charge in [-0.05, 0) is 48.0 Å². The van der Waals surface area contributed by atoms with Crippen molar-refractivity contribution in [2.24, 2.45) is 4.99 Å². The van der Waals surface area contributed by atoms with Crippen LogP contribution in [0.4, 0.5) is 0 Å². The van der Waals surface area contributed by atoms with E-state index >= 15 is 0 Å². The van der Waals surface area contributed by atoms with Crippen molar-refractivity contribution in [2.75, 3.05) is 54.6 Å². The summed E-state index contributed by atoms with van der Waals surface area (Å²) in [6, 6.07) is 12.6. The van der Waals surface area contributed by atoms with E-state index in [1.165, 1.54) is 16.3 Å². The largest absolute Gasteiger partial charge is 0.497 e. The number of hydrogen-bond acceptors (Lipinski definition) is 4. The van der Waals surface area contributed by atoms with Gasteiger partial charge in [-0.2, -0.15) is 0 Å². The summed E-state index contributed by atoms with van der Waals surface area (Å²) in [4.78, 5) is 6.59. The third kappa shape index (κ3) is 8.20. The molecule has 0 aliphatic carbocycles. The van der Waals surface area contributed by atoms with Crippen LogP contribution in [0.15, 0.2) is 41.4 Å². The normalized spacial score (nSPS) is 11.4. The van der Waals surface area contributed by atoms with Crippen LogP contribution in [-0.4, -0.2) is 65.4 Å². The summed E-state index contributed by atoms with van der Waals surface area (Å²) in [6.45, 7) is 4.37. The highest BCUT2D eigenvalue weighted by Crippen LogP contribution is 2.21. The zero-order valence-corrected chi connectivity index (χ0v) is 19.7. The molecule has 2 aromatic rings. The molecule has 0 amide bonds. The van der Waals surface area contributed by atoms with Gasteiger partial charge < -0.3 is 25.0 Å². The van der Waals surface area contributed by atoms with Gasteiger partial charge >= 0.3 is 0 Å². The molecular weight excluding hydrogens is 467 g/mol. The number of likely N-dealkylation sites (N-methyl/N-ethyl adjacent to an activating group) is 1. The number of nitrogens with one attached hydrogen (secondary N) is 2. The van der Waals surface area contributed by atoms with Gasteiger partial charge in [-0.25, -0.2) is 0 Å². The van der Waals surface area contributed by atoms with E-state index < -0.39 is 0 Å². The molecule has 0 fully saturated rings. The summed E-state index contributed by atoms with van der Waals surface area (Å²) in [5.41, 5.74) is 1.22. The summed E-state index contributed by atoms with van der Waals surface area (Å²) in [7, 11) is 7.35. The lowest BCUT2D eigenvalue weighted by Crippen LogP contribution is -2.40. The van der Waals surface area contributed by atoms with Crippen LogP contribution in [0.2, 0.25) is 0 Å². The fourth-order valence-electron chi connectivity index (χ4n) is 2.87. The minimum absolute atomic E-state index is 0. The zero-order valence-electron chi connectivity index (χ0n) is 17.3. The van der Waals surface area contributed by atoms with Crippen molar-refractivity contribution in [3.8, 4) is 5.75 Å². The maximum Gasteiger partial charge on any atom is 0.191 e. The number of halogens is 1. The maximum absolute atomic E-state index is 5.28. The monoisotopic (exact) mass is 500 g/mol. The van der Waals surface area contributed by atoms with Gasteiger partial charge in [0.25, 0.3) is 0 Å². The topological polar surface area (TPSA) is 58.1 Å². The van der Waals surface area contributed by atoms with Crippen molar-refractivity contribution >= 4 is 40.7 Å². The number of ether oxygens (including phenoxy) is 2. The molecule has 156 valence electrons. The Balaban J connectivity index is 0.00000392. The van der Waals surface area contributed by atoms with Gasteiger partial charge in [0, 0.05) is 46.9 Å². The number of fused-ring (bicyclic) bond motifs is 1. The summed E-state index contributed by atoms with van der Waals surface area (Å²) in [6.07, 6.45) is 1.05. The van der Waals surface area contributed by atoms with Crippen LogP contribution in [0.5, 0.6) is 5.75 Å². The molecule has 0 aromatic heterocycles. The van der Waals surface area contributed by atoms with Crippen molar-refractivity contribution in [3.63, 3.8) is 0 Å². The number of guanidine groups is 1. The second-order valence-electron chi connectivity index (χ2n) is 6.55. The third-order valence-corrected chi connectivity index (χ3v) is 4.47. The fourth-order valence-corrected chi connectivity index (χ4v) is 2.87. The molecule has 0 atom stereocenters. The lowest BCUT2D eigenvalue weighted by atomic mass is 10.1. The lowest BCUT2D eigenvalue weighted by molar-refractivity contribution is 0.180. The molecule has 0 unspecified atom stereocenters. The summed E-state index contributed by atoms with van der Waals surface area (Å²) in [5.74, 6) is 1.69. The first-order valence-electron chi connectivity index (χ1n) is 9.35. The van der Waals surface area contributed by atoms with Gasteiger partial charge in [0.05, 0.1) is 7.11 Å². The average molecular weight is 500 g/mol. The highest BCUT2D eigenvalue weighted by Gasteiger charge is 2.02. The van der Waals surface area contributed by atoms with E-state index in [1.54, 1.807) is 21.3 Å². The highest BCUT2D eigenvalue weighted by molar-refractivity contribution is 14.0. The van der Waals surface area contributed by atoms with Crippen LogP contribution in [0, 0.1) is 0 Å². The Morgan fingerprint density at radius 1 is 1.04 bits per heavy atom. The first-order chi connectivity index (χ1) is 13.2. The molecular formula is C21H33IN4O2. The average Bonchev–Trinajstić information content (AvgIpc) is 2.70. The first kappa shape index (κ1) is 24.5. The molecule has 2 N–H and O–H groups in total. The van der Waals surface area contributed by atoms with Gasteiger partial charge in [-0.3, -0.25) is 4.99 Å². The molecule has 0 heterocycles. The van der Waals surface area contributed by atoms with Gasteiger partial charge in [0.2, 0.25) is 0 Å². The smallest absolute Gasteiger partial charge is 0.191 e. The summed E-state index contributed by atoms with van der Waals surface area (Å²) < 4.78 is 10.4. The van der Waals surface area contributed by atoms with E-state index in [0.29, 0.717) is 0 Å². The van der Waals surface area contributed by atoms with E-state index in [9.17, 15) is 0 Å². The Morgan fingerprint density at radius 2 is 1.79 bits per heavy atom. The van der Waals surface area contributed by atoms with E-state index in [1.807, 2.05) is 6.07 Å². The van der Waals surface area contributed by atoms with Crippen LogP contribution in [-0.2, 0) is 11.3 Å². The molecule has 0 saturated carbocycles. The Bertz CT molecular complexity index is 739. The summed E-state index contributed by atoms with van der Waals surface area (Å²) in [5, 5.41) is 9.12. The van der Waals surface area contributed by atoms with Crippen molar-refractivity contribution in [2.45, 2.75) is 13.0 Å². The van der Waals surface area contributed by atoms with Crippen LogP contribution in [0.25, 0.3) is 10.8 Å². The molecule has 0 saturated heterocycles. The zero-order chi connectivity index (χ0) is 19.5. The molecule has 0 aliphatic heterocycles. The van der Waals surface area contributed by atoms with Gasteiger partial charge in [-0.15, -0.1) is 24.0 Å². The molecule has 2 aromatic carbocycles. The van der Waals surface area contributed by atoms with E-state index in [2.05, 4.69) is 57.9 Å². The van der Waals surface area contributed by atoms with Crippen molar-refractivity contribution < 1.29 is 9.47 Å². The molecule has 28 heavy (non-hydrogen) atoms. The lowest BCUT2D eigenvalue weighted by Gasteiger charge is -2.18. The number of hydrogen-bond donors (Lipinski definition) is 2. The van der Waals surface area contributed by atoms with Crippen molar-refractivity contribution in [3.05, 3.63) is 42.0 Å². The van der Waals surface area contributed by atoms with E-state index in [-0.39, 0.29) is 24.0 Å². The molecule has 6 nitrogen and oxygen atoms in total.